The fourth-order valence-corrected chi connectivity index (χ4v) is 2.55. The highest BCUT2D eigenvalue weighted by atomic mass is 16.6. The number of nitrogens with one attached hydrogen (secondary N) is 1. The SMILES string of the molecule is Cn1nnnc1COc1ccc(C(=O)Nc2ccc3c(c2)OCCO3)cc1. The number of benzene rings is 2. The Morgan fingerprint density at radius 2 is 1.93 bits per heavy atom. The van der Waals surface area contributed by atoms with E-state index < -0.39 is 0 Å². The zero-order valence-corrected chi connectivity index (χ0v) is 14.6. The minimum Gasteiger partial charge on any atom is -0.486 e. The molecule has 0 radical (unpaired) electrons. The molecule has 0 saturated heterocycles. The van der Waals surface area contributed by atoms with Gasteiger partial charge in [0.2, 0.25) is 0 Å². The number of tetrazole rings is 1. The van der Waals surface area contributed by atoms with Gasteiger partial charge in [-0.05, 0) is 46.8 Å². The third-order valence-corrected chi connectivity index (χ3v) is 3.99. The highest BCUT2D eigenvalue weighted by Crippen LogP contribution is 2.32. The van der Waals surface area contributed by atoms with Crippen LogP contribution in [0, 0.1) is 0 Å². The van der Waals surface area contributed by atoms with Crippen LogP contribution in [0.25, 0.3) is 0 Å². The van der Waals surface area contributed by atoms with E-state index in [2.05, 4.69) is 20.8 Å². The molecular weight excluding hydrogens is 350 g/mol. The fourth-order valence-electron chi connectivity index (χ4n) is 2.55. The van der Waals surface area contributed by atoms with Crippen molar-refractivity contribution in [3.05, 3.63) is 53.9 Å². The molecule has 9 heteroatoms. The van der Waals surface area contributed by atoms with Crippen molar-refractivity contribution >= 4 is 11.6 Å². The summed E-state index contributed by atoms with van der Waals surface area (Å²) in [6, 6.07) is 12.1. The lowest BCUT2D eigenvalue weighted by atomic mass is 10.2. The molecule has 0 spiro atoms. The molecule has 1 aromatic heterocycles. The number of aromatic nitrogens is 4. The Balaban J connectivity index is 1.38. The van der Waals surface area contributed by atoms with Gasteiger partial charge in [-0.3, -0.25) is 4.79 Å². The van der Waals surface area contributed by atoms with Crippen molar-refractivity contribution in [2.45, 2.75) is 6.61 Å². The number of aryl methyl sites for hydroxylation is 1. The number of fused-ring (bicyclic) bond motifs is 1. The van der Waals surface area contributed by atoms with E-state index in [1.807, 2.05) is 0 Å². The van der Waals surface area contributed by atoms with Crippen molar-refractivity contribution in [3.8, 4) is 17.2 Å². The van der Waals surface area contributed by atoms with E-state index in [4.69, 9.17) is 14.2 Å². The van der Waals surface area contributed by atoms with Gasteiger partial charge in [-0.2, -0.15) is 0 Å². The molecule has 0 fully saturated rings. The molecule has 0 bridgehead atoms. The first kappa shape index (κ1) is 16.8. The molecule has 2 heterocycles. The molecule has 138 valence electrons. The molecule has 3 aromatic rings. The Morgan fingerprint density at radius 1 is 1.15 bits per heavy atom. The standard InChI is InChI=1S/C18H17N5O4/c1-23-17(20-21-22-23)11-27-14-5-2-12(3-6-14)18(24)19-13-4-7-15-16(10-13)26-9-8-25-15/h2-7,10H,8-9,11H2,1H3,(H,19,24). The highest BCUT2D eigenvalue weighted by Gasteiger charge is 2.13. The molecule has 2 aromatic carbocycles. The van der Waals surface area contributed by atoms with E-state index in [0.29, 0.717) is 47.5 Å². The Labute approximate surface area is 154 Å². The summed E-state index contributed by atoms with van der Waals surface area (Å²) in [6.45, 7) is 1.27. The van der Waals surface area contributed by atoms with Gasteiger partial charge in [0.15, 0.2) is 17.3 Å². The Kier molecular flexibility index (Phi) is 4.56. The molecule has 0 unspecified atom stereocenters. The van der Waals surface area contributed by atoms with Crippen LogP contribution in [0.2, 0.25) is 0 Å². The van der Waals surface area contributed by atoms with Crippen LogP contribution in [-0.2, 0) is 13.7 Å². The second-order valence-electron chi connectivity index (χ2n) is 5.84. The van der Waals surface area contributed by atoms with E-state index in [9.17, 15) is 4.79 Å². The number of carbonyl (C=O) groups is 1. The van der Waals surface area contributed by atoms with Crippen LogP contribution in [0.15, 0.2) is 42.5 Å². The number of hydrogen-bond donors (Lipinski definition) is 1. The highest BCUT2D eigenvalue weighted by molar-refractivity contribution is 6.04. The lowest BCUT2D eigenvalue weighted by Crippen LogP contribution is -2.16. The Hall–Kier alpha value is -3.62. The Bertz CT molecular complexity index is 955. The average Bonchev–Trinajstić information content (AvgIpc) is 3.11. The summed E-state index contributed by atoms with van der Waals surface area (Å²) in [5.74, 6) is 2.31. The van der Waals surface area contributed by atoms with E-state index in [0.717, 1.165) is 0 Å². The quantitative estimate of drug-likeness (QED) is 0.734. The third-order valence-electron chi connectivity index (χ3n) is 3.99. The van der Waals surface area contributed by atoms with Crippen LogP contribution >= 0.6 is 0 Å². The summed E-state index contributed by atoms with van der Waals surface area (Å²) in [6.07, 6.45) is 0. The molecule has 1 aliphatic rings. The summed E-state index contributed by atoms with van der Waals surface area (Å²) in [4.78, 5) is 12.4. The van der Waals surface area contributed by atoms with Crippen molar-refractivity contribution < 1.29 is 19.0 Å². The first-order chi connectivity index (χ1) is 13.2. The largest absolute Gasteiger partial charge is 0.486 e. The predicted octanol–water partition coefficient (Wildman–Crippen LogP) is 1.81. The maximum absolute atomic E-state index is 12.4. The summed E-state index contributed by atoms with van der Waals surface area (Å²) in [5, 5.41) is 14.0. The predicted molar refractivity (Wildman–Crippen MR) is 95.0 cm³/mol. The van der Waals surface area contributed by atoms with Crippen molar-refractivity contribution in [1.29, 1.82) is 0 Å². The van der Waals surface area contributed by atoms with Gasteiger partial charge in [-0.15, -0.1) is 5.10 Å². The number of ether oxygens (including phenoxy) is 3. The van der Waals surface area contributed by atoms with Gasteiger partial charge < -0.3 is 19.5 Å². The molecule has 1 aliphatic heterocycles. The minimum absolute atomic E-state index is 0.226. The zero-order chi connectivity index (χ0) is 18.6. The second kappa shape index (κ2) is 7.32. The maximum atomic E-state index is 12.4. The molecule has 9 nitrogen and oxygen atoms in total. The maximum Gasteiger partial charge on any atom is 0.255 e. The number of anilines is 1. The lowest BCUT2D eigenvalue weighted by Gasteiger charge is -2.19. The van der Waals surface area contributed by atoms with Gasteiger partial charge in [0, 0.05) is 24.4 Å². The third kappa shape index (κ3) is 3.81. The molecular formula is C18H17N5O4. The van der Waals surface area contributed by atoms with Crippen LogP contribution in [0.1, 0.15) is 16.2 Å². The van der Waals surface area contributed by atoms with Crippen LogP contribution in [0.5, 0.6) is 17.2 Å². The van der Waals surface area contributed by atoms with Crippen LogP contribution in [0.3, 0.4) is 0 Å². The van der Waals surface area contributed by atoms with Gasteiger partial charge in [-0.1, -0.05) is 0 Å². The number of hydrogen-bond acceptors (Lipinski definition) is 7. The molecule has 0 saturated carbocycles. The van der Waals surface area contributed by atoms with Gasteiger partial charge in [0.1, 0.15) is 25.6 Å². The summed E-state index contributed by atoms with van der Waals surface area (Å²) < 4.78 is 18.2. The fraction of sp³-hybridized carbons (Fsp3) is 0.222. The van der Waals surface area contributed by atoms with Gasteiger partial charge >= 0.3 is 0 Å². The topological polar surface area (TPSA) is 100 Å². The number of carbonyl (C=O) groups excluding carboxylic acids is 1. The molecule has 4 rings (SSSR count). The van der Waals surface area contributed by atoms with E-state index >= 15 is 0 Å². The smallest absolute Gasteiger partial charge is 0.255 e. The van der Waals surface area contributed by atoms with Crippen LogP contribution in [0.4, 0.5) is 5.69 Å². The number of nitrogens with zero attached hydrogens (tertiary/aromatic N) is 4. The monoisotopic (exact) mass is 367 g/mol. The number of rotatable bonds is 5. The minimum atomic E-state index is -0.226. The molecule has 1 N–H and O–H groups in total. The van der Waals surface area contributed by atoms with E-state index in [1.165, 1.54) is 4.68 Å². The van der Waals surface area contributed by atoms with Gasteiger partial charge in [0.05, 0.1) is 0 Å². The Morgan fingerprint density at radius 3 is 2.67 bits per heavy atom. The normalized spacial score (nSPS) is 12.5. The van der Waals surface area contributed by atoms with Crippen molar-refractivity contribution in [1.82, 2.24) is 20.2 Å². The van der Waals surface area contributed by atoms with E-state index in [1.54, 1.807) is 49.5 Å². The first-order valence-electron chi connectivity index (χ1n) is 8.34. The first-order valence-corrected chi connectivity index (χ1v) is 8.34. The van der Waals surface area contributed by atoms with Crippen LogP contribution < -0.4 is 19.5 Å². The second-order valence-corrected chi connectivity index (χ2v) is 5.84. The molecule has 0 atom stereocenters. The van der Waals surface area contributed by atoms with Crippen molar-refractivity contribution in [2.75, 3.05) is 18.5 Å². The summed E-state index contributed by atoms with van der Waals surface area (Å²) in [7, 11) is 1.74. The summed E-state index contributed by atoms with van der Waals surface area (Å²) in [5.41, 5.74) is 1.15. The van der Waals surface area contributed by atoms with E-state index in [-0.39, 0.29) is 12.5 Å². The summed E-state index contributed by atoms with van der Waals surface area (Å²) >= 11 is 0. The molecule has 1 amide bonds. The van der Waals surface area contributed by atoms with Crippen molar-refractivity contribution in [2.24, 2.45) is 7.05 Å². The van der Waals surface area contributed by atoms with Crippen LogP contribution in [-0.4, -0.2) is 39.3 Å². The van der Waals surface area contributed by atoms with Crippen molar-refractivity contribution in [3.63, 3.8) is 0 Å². The zero-order valence-electron chi connectivity index (χ0n) is 14.6. The average molecular weight is 367 g/mol. The lowest BCUT2D eigenvalue weighted by molar-refractivity contribution is 0.102. The molecule has 27 heavy (non-hydrogen) atoms. The van der Waals surface area contributed by atoms with Gasteiger partial charge in [-0.25, -0.2) is 4.68 Å². The van der Waals surface area contributed by atoms with Gasteiger partial charge in [0.25, 0.3) is 5.91 Å². The number of amides is 1. The molecule has 0 aliphatic carbocycles.